The molecule has 0 saturated carbocycles. The van der Waals surface area contributed by atoms with Crippen molar-refractivity contribution in [3.8, 4) is 6.07 Å². The van der Waals surface area contributed by atoms with Gasteiger partial charge in [-0.3, -0.25) is 4.79 Å². The lowest BCUT2D eigenvalue weighted by molar-refractivity contribution is -0.121. The lowest BCUT2D eigenvalue weighted by Crippen LogP contribution is -2.35. The fourth-order valence-corrected chi connectivity index (χ4v) is 2.54. The second kappa shape index (κ2) is 8.15. The summed E-state index contributed by atoms with van der Waals surface area (Å²) in [5, 5.41) is 9.53. The monoisotopic (exact) mass is 366 g/mol. The topological polar surface area (TPSA) is 83.5 Å². The van der Waals surface area contributed by atoms with E-state index in [9.17, 15) is 14.0 Å². The average molecular weight is 366 g/mol. The number of esters is 1. The molecule has 0 radical (unpaired) electrons. The van der Waals surface area contributed by atoms with Crippen molar-refractivity contribution >= 4 is 28.5 Å². The molecular weight excluding hydrogens is 351 g/mol. The Bertz CT molecular complexity index is 972. The molecule has 1 heterocycles. The van der Waals surface area contributed by atoms with Crippen molar-refractivity contribution in [3.63, 3.8) is 0 Å². The maximum atomic E-state index is 13.1. The maximum Gasteiger partial charge on any atom is 0.374 e. The van der Waals surface area contributed by atoms with Crippen molar-refractivity contribution in [2.75, 3.05) is 18.1 Å². The Morgan fingerprint density at radius 1 is 1.15 bits per heavy atom. The summed E-state index contributed by atoms with van der Waals surface area (Å²) >= 11 is 0. The van der Waals surface area contributed by atoms with E-state index in [-0.39, 0.29) is 18.7 Å². The molecule has 136 valence electrons. The van der Waals surface area contributed by atoms with Gasteiger partial charge < -0.3 is 14.1 Å². The fraction of sp³-hybridized carbons (Fsp3) is 0.150. The Balaban J connectivity index is 1.68. The number of furan rings is 1. The lowest BCUT2D eigenvalue weighted by Gasteiger charge is -2.21. The second-order valence-corrected chi connectivity index (χ2v) is 5.65. The van der Waals surface area contributed by atoms with E-state index in [0.717, 1.165) is 5.39 Å². The Kier molecular flexibility index (Phi) is 5.47. The summed E-state index contributed by atoms with van der Waals surface area (Å²) < 4.78 is 23.5. The summed E-state index contributed by atoms with van der Waals surface area (Å²) in [6, 6.07) is 15.9. The minimum Gasteiger partial charge on any atom is -0.450 e. The quantitative estimate of drug-likeness (QED) is 0.622. The molecule has 0 aliphatic carbocycles. The van der Waals surface area contributed by atoms with Crippen molar-refractivity contribution in [1.82, 2.24) is 0 Å². The number of nitriles is 1. The number of para-hydroxylation sites is 1. The number of anilines is 1. The summed E-state index contributed by atoms with van der Waals surface area (Å²) in [5.74, 6) is -1.74. The number of ether oxygens (including phenoxy) is 1. The predicted octanol–water partition coefficient (Wildman–Crippen LogP) is 3.68. The molecule has 2 aromatic carbocycles. The third-order valence-corrected chi connectivity index (χ3v) is 3.84. The van der Waals surface area contributed by atoms with Crippen LogP contribution in [-0.4, -0.2) is 25.0 Å². The van der Waals surface area contributed by atoms with Gasteiger partial charge in [0.05, 0.1) is 12.5 Å². The summed E-state index contributed by atoms with van der Waals surface area (Å²) in [6.07, 6.45) is 0.0840. The zero-order chi connectivity index (χ0) is 19.2. The molecule has 1 amide bonds. The van der Waals surface area contributed by atoms with Gasteiger partial charge in [0.25, 0.3) is 5.91 Å². The van der Waals surface area contributed by atoms with Crippen LogP contribution in [0.5, 0.6) is 0 Å². The van der Waals surface area contributed by atoms with Crippen LogP contribution in [0.2, 0.25) is 0 Å². The van der Waals surface area contributed by atoms with Crippen LogP contribution in [0.15, 0.2) is 59.0 Å². The molecule has 0 unspecified atom stereocenters. The fourth-order valence-electron chi connectivity index (χ4n) is 2.54. The molecule has 0 saturated heterocycles. The Hall–Kier alpha value is -3.66. The Morgan fingerprint density at radius 3 is 2.59 bits per heavy atom. The van der Waals surface area contributed by atoms with E-state index in [2.05, 4.69) is 0 Å². The molecule has 0 spiro atoms. The van der Waals surface area contributed by atoms with Crippen molar-refractivity contribution in [1.29, 1.82) is 5.26 Å². The Labute approximate surface area is 154 Å². The highest BCUT2D eigenvalue weighted by Crippen LogP contribution is 2.20. The van der Waals surface area contributed by atoms with Gasteiger partial charge in [0, 0.05) is 17.6 Å². The number of halogens is 1. The number of amides is 1. The molecule has 3 rings (SSSR count). The minimum atomic E-state index is -0.765. The van der Waals surface area contributed by atoms with Crippen LogP contribution in [-0.2, 0) is 9.53 Å². The van der Waals surface area contributed by atoms with E-state index in [1.165, 1.54) is 35.2 Å². The number of nitrogens with zero attached hydrogens (tertiary/aromatic N) is 2. The average Bonchev–Trinajstić information content (AvgIpc) is 3.12. The van der Waals surface area contributed by atoms with Crippen LogP contribution in [0.3, 0.4) is 0 Å². The smallest absolute Gasteiger partial charge is 0.374 e. The zero-order valence-electron chi connectivity index (χ0n) is 14.2. The van der Waals surface area contributed by atoms with Gasteiger partial charge in [-0.2, -0.15) is 5.26 Å². The van der Waals surface area contributed by atoms with Crippen molar-refractivity contribution in [2.24, 2.45) is 0 Å². The van der Waals surface area contributed by atoms with Crippen LogP contribution in [0.1, 0.15) is 17.0 Å². The molecule has 0 aliphatic heterocycles. The molecule has 1 aromatic heterocycles. The van der Waals surface area contributed by atoms with Crippen molar-refractivity contribution in [3.05, 3.63) is 66.2 Å². The van der Waals surface area contributed by atoms with Crippen LogP contribution >= 0.6 is 0 Å². The van der Waals surface area contributed by atoms with Crippen LogP contribution in [0.25, 0.3) is 11.0 Å². The first-order valence-corrected chi connectivity index (χ1v) is 8.17. The first-order chi connectivity index (χ1) is 13.1. The predicted molar refractivity (Wildman–Crippen MR) is 95.5 cm³/mol. The maximum absolute atomic E-state index is 13.1. The third kappa shape index (κ3) is 4.30. The number of hydrogen-bond donors (Lipinski definition) is 0. The highest BCUT2D eigenvalue weighted by Gasteiger charge is 2.20. The van der Waals surface area contributed by atoms with E-state index in [4.69, 9.17) is 14.4 Å². The van der Waals surface area contributed by atoms with E-state index in [0.29, 0.717) is 11.3 Å². The van der Waals surface area contributed by atoms with E-state index in [1.54, 1.807) is 18.2 Å². The molecule has 0 atom stereocenters. The molecule has 0 N–H and O–H groups in total. The lowest BCUT2D eigenvalue weighted by atomic mass is 10.2. The molecule has 0 fully saturated rings. The summed E-state index contributed by atoms with van der Waals surface area (Å²) in [5.41, 5.74) is 0.953. The SMILES string of the molecule is N#CCCN(C(=O)COC(=O)c1cc2ccccc2o1)c1ccc(F)cc1. The number of carbonyl (C=O) groups excluding carboxylic acids is 2. The number of benzene rings is 2. The van der Waals surface area contributed by atoms with E-state index >= 15 is 0 Å². The molecule has 6 nitrogen and oxygen atoms in total. The van der Waals surface area contributed by atoms with E-state index in [1.807, 2.05) is 12.1 Å². The largest absolute Gasteiger partial charge is 0.450 e. The van der Waals surface area contributed by atoms with E-state index < -0.39 is 24.3 Å². The number of rotatable bonds is 6. The zero-order valence-corrected chi connectivity index (χ0v) is 14.2. The van der Waals surface area contributed by atoms with Crippen LogP contribution in [0.4, 0.5) is 10.1 Å². The Morgan fingerprint density at radius 2 is 1.89 bits per heavy atom. The van der Waals surface area contributed by atoms with Gasteiger partial charge in [0.1, 0.15) is 11.4 Å². The first-order valence-electron chi connectivity index (χ1n) is 8.17. The van der Waals surface area contributed by atoms with Gasteiger partial charge in [-0.1, -0.05) is 18.2 Å². The highest BCUT2D eigenvalue weighted by molar-refractivity contribution is 5.97. The third-order valence-electron chi connectivity index (χ3n) is 3.84. The first kappa shape index (κ1) is 18.1. The molecular formula is C20H15FN2O4. The minimum absolute atomic E-state index is 0.00522. The van der Waals surface area contributed by atoms with Crippen LogP contribution in [0, 0.1) is 17.1 Å². The van der Waals surface area contributed by atoms with Gasteiger partial charge in [0.2, 0.25) is 5.76 Å². The number of carbonyl (C=O) groups is 2. The second-order valence-electron chi connectivity index (χ2n) is 5.65. The molecule has 7 heteroatoms. The summed E-state index contributed by atoms with van der Waals surface area (Å²) in [4.78, 5) is 25.9. The summed E-state index contributed by atoms with van der Waals surface area (Å²) in [6.45, 7) is -0.429. The van der Waals surface area contributed by atoms with Crippen molar-refractivity contribution < 1.29 is 23.1 Å². The van der Waals surface area contributed by atoms with Gasteiger partial charge in [-0.15, -0.1) is 0 Å². The van der Waals surface area contributed by atoms with Gasteiger partial charge >= 0.3 is 5.97 Å². The molecule has 0 aliphatic rings. The molecule has 3 aromatic rings. The van der Waals surface area contributed by atoms with Gasteiger partial charge in [-0.25, -0.2) is 9.18 Å². The normalized spacial score (nSPS) is 10.4. The molecule has 0 bridgehead atoms. The van der Waals surface area contributed by atoms with Crippen molar-refractivity contribution in [2.45, 2.75) is 6.42 Å². The highest BCUT2D eigenvalue weighted by atomic mass is 19.1. The summed E-state index contributed by atoms with van der Waals surface area (Å²) in [7, 11) is 0. The number of fused-ring (bicyclic) bond motifs is 1. The van der Waals surface area contributed by atoms with Gasteiger partial charge in [-0.05, 0) is 36.4 Å². The molecule has 27 heavy (non-hydrogen) atoms. The van der Waals surface area contributed by atoms with Gasteiger partial charge in [0.15, 0.2) is 6.61 Å². The van der Waals surface area contributed by atoms with Crippen LogP contribution < -0.4 is 4.90 Å². The number of hydrogen-bond acceptors (Lipinski definition) is 5. The standard InChI is InChI=1S/C20H15FN2O4/c21-15-6-8-16(9-7-15)23(11-3-10-22)19(24)13-26-20(25)18-12-14-4-1-2-5-17(14)27-18/h1-2,4-9,12H,3,11,13H2.